The number of hydrogen-bond donors (Lipinski definition) is 1. The first kappa shape index (κ1) is 15.1. The van der Waals surface area contributed by atoms with Crippen LogP contribution in [0.1, 0.15) is 57.1 Å². The summed E-state index contributed by atoms with van der Waals surface area (Å²) in [6, 6.07) is 12.8. The van der Waals surface area contributed by atoms with Crippen LogP contribution >= 0.6 is 0 Å². The van der Waals surface area contributed by atoms with Crippen LogP contribution in [0.25, 0.3) is 0 Å². The average Bonchev–Trinajstić information content (AvgIpc) is 2.56. The Kier molecular flexibility index (Phi) is 4.97. The molecule has 1 heterocycles. The number of rotatable bonds is 4. The summed E-state index contributed by atoms with van der Waals surface area (Å²) in [5.41, 5.74) is 1.42. The lowest BCUT2D eigenvalue weighted by Crippen LogP contribution is -2.53. The summed E-state index contributed by atoms with van der Waals surface area (Å²) in [4.78, 5) is 2.82. The molecule has 0 aromatic heterocycles. The van der Waals surface area contributed by atoms with Gasteiger partial charge in [0, 0.05) is 18.1 Å². The van der Waals surface area contributed by atoms with E-state index in [-0.39, 0.29) is 0 Å². The van der Waals surface area contributed by atoms with E-state index >= 15 is 0 Å². The first-order valence-corrected chi connectivity index (χ1v) is 8.79. The molecule has 2 nitrogen and oxygen atoms in total. The molecule has 3 rings (SSSR count). The minimum atomic E-state index is 0.437. The maximum atomic E-state index is 3.57. The molecule has 0 radical (unpaired) electrons. The average molecular weight is 286 g/mol. The van der Waals surface area contributed by atoms with E-state index in [1.807, 2.05) is 0 Å². The van der Waals surface area contributed by atoms with Crippen LogP contribution in [-0.4, -0.2) is 30.6 Å². The van der Waals surface area contributed by atoms with Crippen molar-refractivity contribution < 1.29 is 0 Å². The van der Waals surface area contributed by atoms with Crippen molar-refractivity contribution in [1.82, 2.24) is 10.2 Å². The second kappa shape index (κ2) is 6.93. The van der Waals surface area contributed by atoms with Crippen LogP contribution in [0, 0.1) is 5.92 Å². The Balaban J connectivity index is 1.77. The topological polar surface area (TPSA) is 15.3 Å². The van der Waals surface area contributed by atoms with Gasteiger partial charge in [0.2, 0.25) is 0 Å². The van der Waals surface area contributed by atoms with Crippen molar-refractivity contribution in [3.05, 3.63) is 35.9 Å². The van der Waals surface area contributed by atoms with E-state index in [9.17, 15) is 0 Å². The summed E-state index contributed by atoms with van der Waals surface area (Å²) in [6.45, 7) is 3.71. The largest absolute Gasteiger partial charge is 0.312 e. The van der Waals surface area contributed by atoms with Crippen LogP contribution < -0.4 is 5.32 Å². The van der Waals surface area contributed by atoms with Crippen molar-refractivity contribution in [1.29, 1.82) is 0 Å². The molecule has 0 amide bonds. The number of benzene rings is 1. The predicted molar refractivity (Wildman–Crippen MR) is 89.4 cm³/mol. The van der Waals surface area contributed by atoms with Gasteiger partial charge in [-0.25, -0.2) is 0 Å². The highest BCUT2D eigenvalue weighted by atomic mass is 15.2. The molecule has 1 aromatic rings. The second-order valence-corrected chi connectivity index (χ2v) is 6.91. The van der Waals surface area contributed by atoms with Crippen molar-refractivity contribution in [3.63, 3.8) is 0 Å². The zero-order valence-electron chi connectivity index (χ0n) is 13.6. The van der Waals surface area contributed by atoms with Crippen molar-refractivity contribution >= 4 is 0 Å². The summed E-state index contributed by atoms with van der Waals surface area (Å²) in [5, 5.41) is 3.57. The highest BCUT2D eigenvalue weighted by Crippen LogP contribution is 2.38. The van der Waals surface area contributed by atoms with Gasteiger partial charge in [0.25, 0.3) is 0 Å². The molecule has 2 fully saturated rings. The minimum absolute atomic E-state index is 0.437. The maximum Gasteiger partial charge on any atom is 0.0473 e. The van der Waals surface area contributed by atoms with Gasteiger partial charge in [0.05, 0.1) is 0 Å². The van der Waals surface area contributed by atoms with E-state index in [1.165, 1.54) is 50.6 Å². The lowest BCUT2D eigenvalue weighted by molar-refractivity contribution is 0.0193. The molecule has 1 saturated carbocycles. The van der Waals surface area contributed by atoms with Gasteiger partial charge in [-0.05, 0) is 57.7 Å². The molecule has 0 spiro atoms. The second-order valence-electron chi connectivity index (χ2n) is 6.91. The van der Waals surface area contributed by atoms with E-state index in [1.54, 1.807) is 0 Å². The summed E-state index contributed by atoms with van der Waals surface area (Å²) >= 11 is 0. The summed E-state index contributed by atoms with van der Waals surface area (Å²) < 4.78 is 0. The predicted octanol–water partition coefficient (Wildman–Crippen LogP) is 3.99. The molecule has 1 aliphatic heterocycles. The van der Waals surface area contributed by atoms with Crippen LogP contribution in [0.2, 0.25) is 0 Å². The number of nitrogens with zero attached hydrogens (tertiary/aromatic N) is 1. The highest BCUT2D eigenvalue weighted by molar-refractivity contribution is 5.20. The van der Waals surface area contributed by atoms with Crippen molar-refractivity contribution in [3.8, 4) is 0 Å². The van der Waals surface area contributed by atoms with Crippen molar-refractivity contribution in [2.75, 3.05) is 13.6 Å². The molecular formula is C19H30N2. The normalized spacial score (nSPS) is 29.6. The maximum absolute atomic E-state index is 3.57. The lowest BCUT2D eigenvalue weighted by atomic mass is 9.77. The van der Waals surface area contributed by atoms with E-state index in [4.69, 9.17) is 0 Å². The zero-order chi connectivity index (χ0) is 14.7. The van der Waals surface area contributed by atoms with Crippen LogP contribution in [0.4, 0.5) is 0 Å². The number of likely N-dealkylation sites (N-methyl/N-ethyl adjacent to an activating group) is 1. The number of likely N-dealkylation sites (tertiary alicyclic amines) is 1. The summed E-state index contributed by atoms with van der Waals surface area (Å²) in [7, 11) is 2.11. The first-order chi connectivity index (χ1) is 10.3. The standard InChI is InChI=1S/C19H30N2/c1-15(19(20-2)17-10-4-3-5-11-17)21-14-8-12-16-9-6-7-13-18(16)21/h3-5,10-11,15-16,18-20H,6-9,12-14H2,1-2H3/t15?,16-,18-,19?/m1/s1. The number of hydrogen-bond acceptors (Lipinski definition) is 2. The number of fused-ring (bicyclic) bond motifs is 1. The van der Waals surface area contributed by atoms with Gasteiger partial charge in [-0.1, -0.05) is 43.2 Å². The molecule has 2 aliphatic rings. The Bertz CT molecular complexity index is 428. The van der Waals surface area contributed by atoms with Crippen LogP contribution in [0.3, 0.4) is 0 Å². The fourth-order valence-electron chi connectivity index (χ4n) is 4.71. The first-order valence-electron chi connectivity index (χ1n) is 8.79. The molecule has 21 heavy (non-hydrogen) atoms. The quantitative estimate of drug-likeness (QED) is 0.900. The van der Waals surface area contributed by atoms with Crippen LogP contribution in [0.15, 0.2) is 30.3 Å². The molecule has 1 N–H and O–H groups in total. The molecule has 1 aliphatic carbocycles. The smallest absolute Gasteiger partial charge is 0.0473 e. The third-order valence-electron chi connectivity index (χ3n) is 5.76. The van der Waals surface area contributed by atoms with E-state index in [2.05, 4.69) is 54.5 Å². The Morgan fingerprint density at radius 3 is 2.52 bits per heavy atom. The molecule has 2 heteroatoms. The molecule has 4 atom stereocenters. The van der Waals surface area contributed by atoms with Gasteiger partial charge < -0.3 is 5.32 Å². The molecule has 1 aromatic carbocycles. The number of nitrogens with one attached hydrogen (secondary N) is 1. The van der Waals surface area contributed by atoms with Gasteiger partial charge in [-0.3, -0.25) is 4.90 Å². The van der Waals surface area contributed by atoms with Crippen LogP contribution in [0.5, 0.6) is 0 Å². The SMILES string of the molecule is CNC(c1ccccc1)C(C)N1CCC[C@H]2CCCC[C@H]21. The fraction of sp³-hybridized carbons (Fsp3) is 0.684. The van der Waals surface area contributed by atoms with E-state index in [0.717, 1.165) is 12.0 Å². The summed E-state index contributed by atoms with van der Waals surface area (Å²) in [5.74, 6) is 0.961. The van der Waals surface area contributed by atoms with Crippen LogP contribution in [-0.2, 0) is 0 Å². The van der Waals surface area contributed by atoms with Crippen molar-refractivity contribution in [2.24, 2.45) is 5.92 Å². The Hall–Kier alpha value is -0.860. The van der Waals surface area contributed by atoms with Gasteiger partial charge >= 0.3 is 0 Å². The van der Waals surface area contributed by atoms with Crippen molar-refractivity contribution in [2.45, 2.75) is 63.6 Å². The molecular weight excluding hydrogens is 256 g/mol. The number of piperidine rings is 1. The molecule has 1 saturated heterocycles. The lowest BCUT2D eigenvalue weighted by Gasteiger charge is -2.48. The van der Waals surface area contributed by atoms with Gasteiger partial charge in [-0.15, -0.1) is 0 Å². The van der Waals surface area contributed by atoms with Gasteiger partial charge in [-0.2, -0.15) is 0 Å². The van der Waals surface area contributed by atoms with Gasteiger partial charge in [0.1, 0.15) is 0 Å². The molecule has 116 valence electrons. The van der Waals surface area contributed by atoms with E-state index in [0.29, 0.717) is 12.1 Å². The fourth-order valence-corrected chi connectivity index (χ4v) is 4.71. The van der Waals surface area contributed by atoms with E-state index < -0.39 is 0 Å². The Morgan fingerprint density at radius 2 is 1.76 bits per heavy atom. The van der Waals surface area contributed by atoms with Gasteiger partial charge in [0.15, 0.2) is 0 Å². The highest BCUT2D eigenvalue weighted by Gasteiger charge is 2.37. The third-order valence-corrected chi connectivity index (χ3v) is 5.76. The summed E-state index contributed by atoms with van der Waals surface area (Å²) in [6.07, 6.45) is 8.61. The Morgan fingerprint density at radius 1 is 1.05 bits per heavy atom. The Labute approximate surface area is 129 Å². The molecule has 0 bridgehead atoms. The minimum Gasteiger partial charge on any atom is -0.312 e. The third kappa shape index (κ3) is 3.17. The molecule has 2 unspecified atom stereocenters. The zero-order valence-corrected chi connectivity index (χ0v) is 13.6. The monoisotopic (exact) mass is 286 g/mol.